The van der Waals surface area contributed by atoms with Crippen molar-refractivity contribution in [2.75, 3.05) is 31.0 Å². The average molecular weight is 530 g/mol. The topological polar surface area (TPSA) is 82.0 Å². The summed E-state index contributed by atoms with van der Waals surface area (Å²) in [7, 11) is 3.58. The number of thioether (sulfide) groups is 1. The molecule has 0 saturated carbocycles. The van der Waals surface area contributed by atoms with Crippen LogP contribution in [-0.2, 0) is 23.2 Å². The first-order chi connectivity index (χ1) is 18.6. The van der Waals surface area contributed by atoms with Gasteiger partial charge in [0.05, 0.1) is 17.9 Å². The van der Waals surface area contributed by atoms with Crippen LogP contribution < -0.4 is 24.4 Å². The van der Waals surface area contributed by atoms with Crippen molar-refractivity contribution in [1.82, 2.24) is 9.88 Å². The molecular formula is C29H27N3O5S. The van der Waals surface area contributed by atoms with Gasteiger partial charge in [0.15, 0.2) is 11.5 Å². The second kappa shape index (κ2) is 9.98. The summed E-state index contributed by atoms with van der Waals surface area (Å²) in [6.45, 7) is 1.16. The van der Waals surface area contributed by atoms with Crippen LogP contribution in [0.25, 0.3) is 10.9 Å². The fraction of sp³-hybridized carbons (Fsp3) is 0.241. The molecule has 3 aromatic carbocycles. The molecule has 0 radical (unpaired) electrons. The van der Waals surface area contributed by atoms with Crippen LogP contribution in [0.1, 0.15) is 17.2 Å². The third-order valence-electron chi connectivity index (χ3n) is 6.92. The highest BCUT2D eigenvalue weighted by atomic mass is 32.2. The molecule has 0 saturated heterocycles. The number of nitrogens with zero attached hydrogens (tertiary/aromatic N) is 2. The Morgan fingerprint density at radius 2 is 1.82 bits per heavy atom. The summed E-state index contributed by atoms with van der Waals surface area (Å²) in [5, 5.41) is 4.92. The summed E-state index contributed by atoms with van der Waals surface area (Å²) in [4.78, 5) is 29.4. The van der Waals surface area contributed by atoms with Crippen molar-refractivity contribution in [2.45, 2.75) is 17.6 Å². The first kappa shape index (κ1) is 24.2. The normalized spacial score (nSPS) is 16.6. The van der Waals surface area contributed by atoms with Gasteiger partial charge < -0.3 is 24.1 Å². The minimum Gasteiger partial charge on any atom is -0.496 e. The van der Waals surface area contributed by atoms with Crippen LogP contribution in [0.4, 0.5) is 5.69 Å². The van der Waals surface area contributed by atoms with Crippen LogP contribution in [0, 0.1) is 0 Å². The number of methoxy groups -OCH3 is 1. The van der Waals surface area contributed by atoms with Crippen molar-refractivity contribution in [2.24, 2.45) is 7.05 Å². The maximum atomic E-state index is 14.1. The number of rotatable bonds is 5. The molecule has 6 rings (SSSR count). The van der Waals surface area contributed by atoms with E-state index in [0.29, 0.717) is 36.1 Å². The van der Waals surface area contributed by atoms with Crippen molar-refractivity contribution in [3.05, 3.63) is 77.9 Å². The number of fused-ring (bicyclic) bond motifs is 4. The third-order valence-corrected chi connectivity index (χ3v) is 8.08. The maximum absolute atomic E-state index is 14.1. The van der Waals surface area contributed by atoms with Crippen molar-refractivity contribution in [3.8, 4) is 17.2 Å². The molecule has 1 aromatic heterocycles. The highest BCUT2D eigenvalue weighted by Crippen LogP contribution is 2.45. The second-order valence-corrected chi connectivity index (χ2v) is 10.1. The lowest BCUT2D eigenvalue weighted by Gasteiger charge is -2.31. The Morgan fingerprint density at radius 1 is 1.05 bits per heavy atom. The molecular weight excluding hydrogens is 502 g/mol. The van der Waals surface area contributed by atoms with Gasteiger partial charge in [0.1, 0.15) is 25.0 Å². The number of para-hydroxylation sites is 2. The Morgan fingerprint density at radius 3 is 2.66 bits per heavy atom. The second-order valence-electron chi connectivity index (χ2n) is 9.11. The summed E-state index contributed by atoms with van der Waals surface area (Å²) >= 11 is 1.45. The van der Waals surface area contributed by atoms with E-state index < -0.39 is 6.04 Å². The summed E-state index contributed by atoms with van der Waals surface area (Å²) in [5.74, 6) is 1.63. The van der Waals surface area contributed by atoms with E-state index in [1.165, 1.54) is 11.8 Å². The monoisotopic (exact) mass is 529 g/mol. The largest absolute Gasteiger partial charge is 0.496 e. The van der Waals surface area contributed by atoms with Gasteiger partial charge in [-0.2, -0.15) is 0 Å². The molecule has 0 unspecified atom stereocenters. The molecule has 3 heterocycles. The molecule has 4 aromatic rings. The van der Waals surface area contributed by atoms with Crippen molar-refractivity contribution < 1.29 is 23.8 Å². The number of amides is 2. The number of aromatic nitrogens is 1. The predicted octanol–water partition coefficient (Wildman–Crippen LogP) is 4.45. The number of benzene rings is 3. The maximum Gasteiger partial charge on any atom is 0.248 e. The first-order valence-electron chi connectivity index (χ1n) is 12.4. The molecule has 1 N–H and O–H groups in total. The van der Waals surface area contributed by atoms with Crippen LogP contribution >= 0.6 is 11.8 Å². The minimum atomic E-state index is -0.893. The van der Waals surface area contributed by atoms with E-state index in [-0.39, 0.29) is 24.1 Å². The zero-order valence-corrected chi connectivity index (χ0v) is 21.9. The number of ether oxygens (including phenoxy) is 3. The first-order valence-corrected chi connectivity index (χ1v) is 13.4. The summed E-state index contributed by atoms with van der Waals surface area (Å²) in [6.07, 6.45) is 0. The quantitative estimate of drug-likeness (QED) is 0.411. The zero-order chi connectivity index (χ0) is 26.2. The minimum absolute atomic E-state index is 0.163. The molecule has 2 aliphatic heterocycles. The third kappa shape index (κ3) is 4.12. The van der Waals surface area contributed by atoms with Gasteiger partial charge in [-0.15, -0.1) is 0 Å². The Kier molecular flexibility index (Phi) is 6.37. The molecule has 0 aliphatic carbocycles. The molecule has 8 nitrogen and oxygen atoms in total. The van der Waals surface area contributed by atoms with Crippen LogP contribution in [-0.4, -0.2) is 42.5 Å². The lowest BCUT2D eigenvalue weighted by atomic mass is 10.0. The molecule has 2 amide bonds. The Hall–Kier alpha value is -4.11. The van der Waals surface area contributed by atoms with Crippen molar-refractivity contribution in [1.29, 1.82) is 0 Å². The lowest BCUT2D eigenvalue weighted by Crippen LogP contribution is -2.44. The molecule has 0 bridgehead atoms. The van der Waals surface area contributed by atoms with E-state index in [9.17, 15) is 9.59 Å². The molecule has 0 fully saturated rings. The smallest absolute Gasteiger partial charge is 0.248 e. The van der Waals surface area contributed by atoms with Crippen molar-refractivity contribution >= 4 is 40.2 Å². The zero-order valence-electron chi connectivity index (χ0n) is 21.1. The predicted molar refractivity (Wildman–Crippen MR) is 146 cm³/mol. The van der Waals surface area contributed by atoms with E-state index in [1.807, 2.05) is 61.6 Å². The van der Waals surface area contributed by atoms with Crippen molar-refractivity contribution in [3.63, 3.8) is 0 Å². The van der Waals surface area contributed by atoms with Crippen LogP contribution in [0.5, 0.6) is 17.2 Å². The standard InChI is InChI=1S/C29H27N3O5S/c1-31-21-9-5-4-8-20(21)26-27(28(34)30-16-18-7-3-6-10-22(18)35-2)32(25(33)17-38-29(26)31)19-11-12-23-24(15-19)37-14-13-36-23/h3-12,15,27H,13-14,16-17H2,1-2H3,(H,30,34)/t27-/m1/s1. The van der Waals surface area contributed by atoms with Gasteiger partial charge in [0.2, 0.25) is 11.8 Å². The molecule has 1 atom stereocenters. The molecule has 38 heavy (non-hydrogen) atoms. The molecule has 0 spiro atoms. The number of nitrogens with one attached hydrogen (secondary N) is 1. The molecule has 194 valence electrons. The van der Waals surface area contributed by atoms with Crippen LogP contribution in [0.3, 0.4) is 0 Å². The number of hydrogen-bond acceptors (Lipinski definition) is 6. The number of hydrogen-bond donors (Lipinski definition) is 1. The van der Waals surface area contributed by atoms with Gasteiger partial charge in [-0.05, 0) is 24.3 Å². The average Bonchev–Trinajstić information content (AvgIpc) is 3.13. The fourth-order valence-corrected chi connectivity index (χ4v) is 6.23. The van der Waals surface area contributed by atoms with E-state index in [0.717, 1.165) is 27.1 Å². The number of carbonyl (C=O) groups is 2. The van der Waals surface area contributed by atoms with Gasteiger partial charge in [0, 0.05) is 47.4 Å². The van der Waals surface area contributed by atoms with Crippen LogP contribution in [0.15, 0.2) is 71.8 Å². The summed E-state index contributed by atoms with van der Waals surface area (Å²) in [5.41, 5.74) is 3.25. The molecule has 2 aliphatic rings. The van der Waals surface area contributed by atoms with Gasteiger partial charge >= 0.3 is 0 Å². The van der Waals surface area contributed by atoms with Gasteiger partial charge in [-0.25, -0.2) is 0 Å². The van der Waals surface area contributed by atoms with E-state index in [2.05, 4.69) is 9.88 Å². The number of aryl methyl sites for hydroxylation is 1. The van der Waals surface area contributed by atoms with Gasteiger partial charge in [-0.1, -0.05) is 48.2 Å². The highest BCUT2D eigenvalue weighted by molar-refractivity contribution is 8.00. The van der Waals surface area contributed by atoms with Crippen LogP contribution in [0.2, 0.25) is 0 Å². The van der Waals surface area contributed by atoms with Gasteiger partial charge in [0.25, 0.3) is 0 Å². The highest BCUT2D eigenvalue weighted by Gasteiger charge is 2.40. The Balaban J connectivity index is 1.47. The number of carbonyl (C=O) groups excluding carboxylic acids is 2. The van der Waals surface area contributed by atoms with E-state index in [1.54, 1.807) is 24.1 Å². The van der Waals surface area contributed by atoms with Gasteiger partial charge in [-0.3, -0.25) is 14.5 Å². The summed E-state index contributed by atoms with van der Waals surface area (Å²) < 4.78 is 19.0. The summed E-state index contributed by atoms with van der Waals surface area (Å²) in [6, 6.07) is 20.0. The number of anilines is 1. The lowest BCUT2D eigenvalue weighted by molar-refractivity contribution is -0.125. The SMILES string of the molecule is COc1ccccc1CNC(=O)[C@H]1c2c(n(C)c3ccccc23)SCC(=O)N1c1ccc2c(c1)OCCO2. The fourth-order valence-electron chi connectivity index (χ4n) is 5.16. The molecule has 9 heteroatoms. The Labute approximate surface area is 224 Å². The Bertz CT molecular complexity index is 1550. The van der Waals surface area contributed by atoms with E-state index >= 15 is 0 Å². The van der Waals surface area contributed by atoms with E-state index in [4.69, 9.17) is 14.2 Å².